The predicted octanol–water partition coefficient (Wildman–Crippen LogP) is 2.02. The number of imidazole rings is 1. The van der Waals surface area contributed by atoms with Crippen LogP contribution >= 0.6 is 0 Å². The van der Waals surface area contributed by atoms with E-state index in [9.17, 15) is 0 Å². The first-order valence-electron chi connectivity index (χ1n) is 6.70. The molecule has 0 saturated heterocycles. The lowest BCUT2D eigenvalue weighted by Gasteiger charge is -2.21. The van der Waals surface area contributed by atoms with Crippen LogP contribution in [0.4, 0.5) is 0 Å². The minimum atomic E-state index is 0.110. The Balaban J connectivity index is 2.53. The van der Waals surface area contributed by atoms with E-state index in [-0.39, 0.29) is 6.04 Å². The molecule has 1 rings (SSSR count). The van der Waals surface area contributed by atoms with Crippen molar-refractivity contribution in [2.75, 3.05) is 19.6 Å². The molecule has 0 radical (unpaired) electrons. The van der Waals surface area contributed by atoms with Crippen LogP contribution in [0, 0.1) is 0 Å². The first-order chi connectivity index (χ1) is 8.22. The van der Waals surface area contributed by atoms with Crippen LogP contribution in [0.25, 0.3) is 0 Å². The minimum absolute atomic E-state index is 0.110. The van der Waals surface area contributed by atoms with Crippen molar-refractivity contribution in [3.05, 3.63) is 18.2 Å². The molecule has 0 fully saturated rings. The SMILES string of the molecule is CCCN(CC)CCn1cncc1[C@H](N)CC. The van der Waals surface area contributed by atoms with E-state index < -0.39 is 0 Å². The lowest BCUT2D eigenvalue weighted by atomic mass is 10.2. The Morgan fingerprint density at radius 1 is 1.35 bits per heavy atom. The lowest BCUT2D eigenvalue weighted by Crippen LogP contribution is -2.29. The third-order valence-corrected chi connectivity index (χ3v) is 3.21. The van der Waals surface area contributed by atoms with Crippen molar-refractivity contribution in [2.45, 2.75) is 46.2 Å². The van der Waals surface area contributed by atoms with Gasteiger partial charge in [0.05, 0.1) is 12.0 Å². The largest absolute Gasteiger partial charge is 0.332 e. The zero-order valence-corrected chi connectivity index (χ0v) is 11.4. The molecule has 2 N–H and O–H groups in total. The second-order valence-electron chi connectivity index (χ2n) is 4.46. The maximum atomic E-state index is 6.06. The van der Waals surface area contributed by atoms with Crippen LogP contribution < -0.4 is 5.73 Å². The van der Waals surface area contributed by atoms with Gasteiger partial charge in [-0.15, -0.1) is 0 Å². The molecule has 1 atom stereocenters. The molecule has 0 spiro atoms. The monoisotopic (exact) mass is 238 g/mol. The molecule has 0 amide bonds. The summed E-state index contributed by atoms with van der Waals surface area (Å²) in [6.45, 7) is 10.9. The Hall–Kier alpha value is -0.870. The van der Waals surface area contributed by atoms with Crippen molar-refractivity contribution in [1.82, 2.24) is 14.5 Å². The maximum Gasteiger partial charge on any atom is 0.0949 e. The zero-order chi connectivity index (χ0) is 12.7. The van der Waals surface area contributed by atoms with Crippen molar-refractivity contribution in [3.63, 3.8) is 0 Å². The summed E-state index contributed by atoms with van der Waals surface area (Å²) >= 11 is 0. The fourth-order valence-electron chi connectivity index (χ4n) is 2.03. The molecule has 0 aliphatic carbocycles. The Morgan fingerprint density at radius 3 is 2.71 bits per heavy atom. The number of aromatic nitrogens is 2. The normalized spacial score (nSPS) is 13.2. The number of rotatable bonds is 8. The van der Waals surface area contributed by atoms with E-state index >= 15 is 0 Å². The van der Waals surface area contributed by atoms with Gasteiger partial charge in [0, 0.05) is 25.3 Å². The van der Waals surface area contributed by atoms with Crippen molar-refractivity contribution < 1.29 is 0 Å². The summed E-state index contributed by atoms with van der Waals surface area (Å²) in [4.78, 5) is 6.66. The molecular formula is C13H26N4. The number of likely N-dealkylation sites (N-methyl/N-ethyl adjacent to an activating group) is 1. The number of hydrogen-bond acceptors (Lipinski definition) is 3. The Kier molecular flexibility index (Phi) is 6.22. The van der Waals surface area contributed by atoms with Gasteiger partial charge in [0.15, 0.2) is 0 Å². The average Bonchev–Trinajstić information content (AvgIpc) is 2.81. The summed E-state index contributed by atoms with van der Waals surface area (Å²) in [7, 11) is 0. The summed E-state index contributed by atoms with van der Waals surface area (Å²) in [5, 5.41) is 0. The molecule has 1 aromatic heterocycles. The zero-order valence-electron chi connectivity index (χ0n) is 11.4. The van der Waals surface area contributed by atoms with Crippen molar-refractivity contribution >= 4 is 0 Å². The van der Waals surface area contributed by atoms with E-state index in [1.165, 1.54) is 13.0 Å². The van der Waals surface area contributed by atoms with Crippen molar-refractivity contribution in [3.8, 4) is 0 Å². The highest BCUT2D eigenvalue weighted by molar-refractivity contribution is 5.04. The smallest absolute Gasteiger partial charge is 0.0949 e. The first-order valence-corrected chi connectivity index (χ1v) is 6.70. The van der Waals surface area contributed by atoms with Crippen LogP contribution in [0.5, 0.6) is 0 Å². The molecule has 1 aromatic rings. The van der Waals surface area contributed by atoms with Gasteiger partial charge in [-0.05, 0) is 25.9 Å². The maximum absolute atomic E-state index is 6.06. The van der Waals surface area contributed by atoms with Gasteiger partial charge < -0.3 is 15.2 Å². The van der Waals surface area contributed by atoms with Gasteiger partial charge in [0.1, 0.15) is 0 Å². The highest BCUT2D eigenvalue weighted by Gasteiger charge is 2.10. The number of nitrogens with two attached hydrogens (primary N) is 1. The van der Waals surface area contributed by atoms with Gasteiger partial charge in [-0.3, -0.25) is 0 Å². The quantitative estimate of drug-likeness (QED) is 0.754. The van der Waals surface area contributed by atoms with Crippen molar-refractivity contribution in [1.29, 1.82) is 0 Å². The summed E-state index contributed by atoms with van der Waals surface area (Å²) in [6, 6.07) is 0.110. The van der Waals surface area contributed by atoms with Crippen molar-refractivity contribution in [2.24, 2.45) is 5.73 Å². The third-order valence-electron chi connectivity index (χ3n) is 3.21. The predicted molar refractivity (Wildman–Crippen MR) is 71.9 cm³/mol. The molecule has 4 heteroatoms. The first kappa shape index (κ1) is 14.2. The Bertz CT molecular complexity index is 308. The molecule has 98 valence electrons. The van der Waals surface area contributed by atoms with E-state index in [2.05, 4.69) is 35.2 Å². The molecule has 0 aliphatic rings. The molecule has 1 heterocycles. The molecule has 0 aromatic carbocycles. The Labute approximate surface area is 105 Å². The molecule has 0 aliphatic heterocycles. The number of hydrogen-bond donors (Lipinski definition) is 1. The van der Waals surface area contributed by atoms with Crippen LogP contribution in [0.15, 0.2) is 12.5 Å². The van der Waals surface area contributed by atoms with Gasteiger partial charge in [0.25, 0.3) is 0 Å². The highest BCUT2D eigenvalue weighted by Crippen LogP contribution is 2.12. The minimum Gasteiger partial charge on any atom is -0.332 e. The standard InChI is InChI=1S/C13H26N4/c1-4-7-16(6-3)8-9-17-11-15-10-13(17)12(14)5-2/h10-12H,4-9,14H2,1-3H3/t12-/m1/s1. The fraction of sp³-hybridized carbons (Fsp3) is 0.769. The molecular weight excluding hydrogens is 212 g/mol. The van der Waals surface area contributed by atoms with Crippen LogP contribution in [0.2, 0.25) is 0 Å². The van der Waals surface area contributed by atoms with Crippen LogP contribution in [-0.2, 0) is 6.54 Å². The summed E-state index contributed by atoms with van der Waals surface area (Å²) in [5.74, 6) is 0. The van der Waals surface area contributed by atoms with E-state index in [0.29, 0.717) is 0 Å². The van der Waals surface area contributed by atoms with E-state index in [0.717, 1.165) is 31.7 Å². The molecule has 0 bridgehead atoms. The van der Waals surface area contributed by atoms with Gasteiger partial charge in [-0.2, -0.15) is 0 Å². The lowest BCUT2D eigenvalue weighted by molar-refractivity contribution is 0.275. The van der Waals surface area contributed by atoms with E-state index in [4.69, 9.17) is 5.73 Å². The fourth-order valence-corrected chi connectivity index (χ4v) is 2.03. The third kappa shape index (κ3) is 4.13. The van der Waals surface area contributed by atoms with Crippen LogP contribution in [0.1, 0.15) is 45.3 Å². The van der Waals surface area contributed by atoms with E-state index in [1.54, 1.807) is 0 Å². The van der Waals surface area contributed by atoms with Crippen LogP contribution in [-0.4, -0.2) is 34.1 Å². The van der Waals surface area contributed by atoms with Gasteiger partial charge in [0.2, 0.25) is 0 Å². The van der Waals surface area contributed by atoms with Gasteiger partial charge in [-0.1, -0.05) is 20.8 Å². The molecule has 0 unspecified atom stereocenters. The van der Waals surface area contributed by atoms with Gasteiger partial charge >= 0.3 is 0 Å². The molecule has 17 heavy (non-hydrogen) atoms. The summed E-state index contributed by atoms with van der Waals surface area (Å²) in [5.41, 5.74) is 7.22. The average molecular weight is 238 g/mol. The summed E-state index contributed by atoms with van der Waals surface area (Å²) < 4.78 is 2.19. The molecule has 0 saturated carbocycles. The second kappa shape index (κ2) is 7.45. The second-order valence-corrected chi connectivity index (χ2v) is 4.46. The topological polar surface area (TPSA) is 47.1 Å². The Morgan fingerprint density at radius 2 is 2.12 bits per heavy atom. The number of nitrogens with zero attached hydrogens (tertiary/aromatic N) is 3. The summed E-state index contributed by atoms with van der Waals surface area (Å²) in [6.07, 6.45) is 5.95. The van der Waals surface area contributed by atoms with E-state index in [1.807, 2.05) is 12.5 Å². The van der Waals surface area contributed by atoms with Gasteiger partial charge in [-0.25, -0.2) is 4.98 Å². The molecule has 4 nitrogen and oxygen atoms in total. The highest BCUT2D eigenvalue weighted by atomic mass is 15.2. The van der Waals surface area contributed by atoms with Crippen LogP contribution in [0.3, 0.4) is 0 Å².